The SMILES string of the molecule is COC(=O)C(Cl)Cc1ccc([N+](=O)[O-])cc1F. The lowest BCUT2D eigenvalue weighted by atomic mass is 10.1. The van der Waals surface area contributed by atoms with Gasteiger partial charge in [-0.15, -0.1) is 11.6 Å². The van der Waals surface area contributed by atoms with Crippen LogP contribution in [0.25, 0.3) is 0 Å². The Hall–Kier alpha value is -1.69. The van der Waals surface area contributed by atoms with Crippen molar-refractivity contribution in [1.29, 1.82) is 0 Å². The van der Waals surface area contributed by atoms with Gasteiger partial charge in [0.05, 0.1) is 18.1 Å². The van der Waals surface area contributed by atoms with Gasteiger partial charge in [0.2, 0.25) is 0 Å². The van der Waals surface area contributed by atoms with Gasteiger partial charge in [-0.3, -0.25) is 14.9 Å². The highest BCUT2D eigenvalue weighted by Crippen LogP contribution is 2.19. The summed E-state index contributed by atoms with van der Waals surface area (Å²) in [4.78, 5) is 20.7. The fraction of sp³-hybridized carbons (Fsp3) is 0.300. The molecule has 0 amide bonds. The third kappa shape index (κ3) is 3.39. The molecule has 0 spiro atoms. The number of carbonyl (C=O) groups excluding carboxylic acids is 1. The number of methoxy groups -OCH3 is 1. The number of ether oxygens (including phenoxy) is 1. The highest BCUT2D eigenvalue weighted by Gasteiger charge is 2.19. The zero-order chi connectivity index (χ0) is 13.0. The molecule has 7 heteroatoms. The molecule has 0 radical (unpaired) electrons. The minimum atomic E-state index is -1.02. The van der Waals surface area contributed by atoms with Gasteiger partial charge in [0.15, 0.2) is 0 Å². The Balaban J connectivity index is 2.86. The van der Waals surface area contributed by atoms with E-state index >= 15 is 0 Å². The second-order valence-electron chi connectivity index (χ2n) is 3.23. The summed E-state index contributed by atoms with van der Waals surface area (Å²) in [5.74, 6) is -1.45. The molecule has 0 heterocycles. The average Bonchev–Trinajstić information content (AvgIpc) is 2.30. The van der Waals surface area contributed by atoms with Crippen LogP contribution in [-0.4, -0.2) is 23.4 Å². The Morgan fingerprint density at radius 1 is 1.65 bits per heavy atom. The smallest absolute Gasteiger partial charge is 0.324 e. The largest absolute Gasteiger partial charge is 0.468 e. The average molecular weight is 262 g/mol. The molecule has 1 aromatic rings. The van der Waals surface area contributed by atoms with Crippen LogP contribution in [0.3, 0.4) is 0 Å². The number of nitro groups is 1. The standard InChI is InChI=1S/C10H9ClFNO4/c1-17-10(14)8(11)4-6-2-3-7(13(15)16)5-9(6)12/h2-3,5,8H,4H2,1H3. The molecular formula is C10H9ClFNO4. The maximum Gasteiger partial charge on any atom is 0.324 e. The van der Waals surface area contributed by atoms with E-state index in [1.54, 1.807) is 0 Å². The van der Waals surface area contributed by atoms with Crippen molar-refractivity contribution in [2.45, 2.75) is 11.8 Å². The van der Waals surface area contributed by atoms with Gasteiger partial charge < -0.3 is 4.74 Å². The quantitative estimate of drug-likeness (QED) is 0.360. The Morgan fingerprint density at radius 3 is 2.76 bits per heavy atom. The van der Waals surface area contributed by atoms with Gasteiger partial charge >= 0.3 is 5.97 Å². The molecule has 5 nitrogen and oxygen atoms in total. The Morgan fingerprint density at radius 2 is 2.29 bits per heavy atom. The number of nitro benzene ring substituents is 1. The topological polar surface area (TPSA) is 69.4 Å². The second-order valence-corrected chi connectivity index (χ2v) is 3.75. The number of hydrogen-bond acceptors (Lipinski definition) is 4. The molecule has 1 rings (SSSR count). The Kier molecular flexibility index (Phi) is 4.39. The van der Waals surface area contributed by atoms with Gasteiger partial charge in [-0.25, -0.2) is 4.39 Å². The number of alkyl halides is 1. The van der Waals surface area contributed by atoms with Gasteiger partial charge in [0.25, 0.3) is 5.69 Å². The third-order valence-corrected chi connectivity index (χ3v) is 2.44. The molecule has 1 aromatic carbocycles. The summed E-state index contributed by atoms with van der Waals surface area (Å²) in [5.41, 5.74) is -0.226. The maximum absolute atomic E-state index is 13.4. The molecule has 0 aliphatic carbocycles. The van der Waals surface area contributed by atoms with E-state index in [9.17, 15) is 19.3 Å². The van der Waals surface area contributed by atoms with Crippen LogP contribution < -0.4 is 0 Å². The van der Waals surface area contributed by atoms with Crippen molar-refractivity contribution in [2.24, 2.45) is 0 Å². The van der Waals surface area contributed by atoms with Crippen LogP contribution >= 0.6 is 11.6 Å². The predicted molar refractivity (Wildman–Crippen MR) is 58.4 cm³/mol. The van der Waals surface area contributed by atoms with Crippen LogP contribution in [0.1, 0.15) is 5.56 Å². The van der Waals surface area contributed by atoms with Crippen molar-refractivity contribution in [2.75, 3.05) is 7.11 Å². The molecule has 0 fully saturated rings. The zero-order valence-electron chi connectivity index (χ0n) is 8.85. The lowest BCUT2D eigenvalue weighted by Gasteiger charge is -2.07. The Labute approximate surface area is 101 Å². The number of carbonyl (C=O) groups is 1. The Bertz CT molecular complexity index is 452. The molecule has 92 valence electrons. The first-order valence-corrected chi connectivity index (χ1v) is 5.04. The molecule has 0 saturated carbocycles. The first-order chi connectivity index (χ1) is 7.95. The van der Waals surface area contributed by atoms with Crippen LogP contribution in [0.4, 0.5) is 10.1 Å². The van der Waals surface area contributed by atoms with E-state index in [0.717, 1.165) is 12.1 Å². The number of hydrogen-bond donors (Lipinski definition) is 0. The fourth-order valence-electron chi connectivity index (χ4n) is 1.22. The predicted octanol–water partition coefficient (Wildman–Crippen LogP) is 2.06. The van der Waals surface area contributed by atoms with Crippen LogP contribution in [0.2, 0.25) is 0 Å². The van der Waals surface area contributed by atoms with Crippen molar-refractivity contribution in [3.8, 4) is 0 Å². The maximum atomic E-state index is 13.4. The van der Waals surface area contributed by atoms with E-state index in [-0.39, 0.29) is 17.7 Å². The van der Waals surface area contributed by atoms with Crippen LogP contribution in [0.15, 0.2) is 18.2 Å². The van der Waals surface area contributed by atoms with E-state index < -0.39 is 22.1 Å². The number of esters is 1. The summed E-state index contributed by atoms with van der Waals surface area (Å²) in [7, 11) is 1.17. The first kappa shape index (κ1) is 13.4. The first-order valence-electron chi connectivity index (χ1n) is 4.60. The fourth-order valence-corrected chi connectivity index (χ4v) is 1.47. The molecular weight excluding hydrogens is 253 g/mol. The van der Waals surface area contributed by atoms with Gasteiger partial charge in [-0.2, -0.15) is 0 Å². The van der Waals surface area contributed by atoms with Crippen LogP contribution in [-0.2, 0) is 16.0 Å². The lowest BCUT2D eigenvalue weighted by Crippen LogP contribution is -2.19. The van der Waals surface area contributed by atoms with Crippen molar-refractivity contribution >= 4 is 23.3 Å². The summed E-state index contributed by atoms with van der Waals surface area (Å²) < 4.78 is 17.8. The highest BCUT2D eigenvalue weighted by atomic mass is 35.5. The zero-order valence-corrected chi connectivity index (χ0v) is 9.61. The molecule has 17 heavy (non-hydrogen) atoms. The van der Waals surface area contributed by atoms with Gasteiger partial charge in [0.1, 0.15) is 11.2 Å². The monoisotopic (exact) mass is 261 g/mol. The van der Waals surface area contributed by atoms with E-state index in [0.29, 0.717) is 0 Å². The second kappa shape index (κ2) is 5.58. The van der Waals surface area contributed by atoms with E-state index in [1.165, 1.54) is 13.2 Å². The van der Waals surface area contributed by atoms with Crippen molar-refractivity contribution in [1.82, 2.24) is 0 Å². The van der Waals surface area contributed by atoms with Gasteiger partial charge in [-0.05, 0) is 11.6 Å². The summed E-state index contributed by atoms with van der Waals surface area (Å²) in [6, 6.07) is 3.17. The summed E-state index contributed by atoms with van der Waals surface area (Å²) in [6.45, 7) is 0. The number of benzene rings is 1. The molecule has 1 unspecified atom stereocenters. The number of rotatable bonds is 4. The summed E-state index contributed by atoms with van der Waals surface area (Å²) in [5, 5.41) is 9.36. The van der Waals surface area contributed by atoms with Crippen molar-refractivity contribution in [3.63, 3.8) is 0 Å². The molecule has 0 bridgehead atoms. The van der Waals surface area contributed by atoms with Crippen LogP contribution in [0.5, 0.6) is 0 Å². The van der Waals surface area contributed by atoms with Crippen molar-refractivity contribution in [3.05, 3.63) is 39.7 Å². The van der Waals surface area contributed by atoms with Crippen molar-refractivity contribution < 1.29 is 18.8 Å². The number of nitrogens with zero attached hydrogens (tertiary/aromatic N) is 1. The lowest BCUT2D eigenvalue weighted by molar-refractivity contribution is -0.385. The van der Waals surface area contributed by atoms with Crippen LogP contribution in [0, 0.1) is 15.9 Å². The van der Waals surface area contributed by atoms with Gasteiger partial charge in [0, 0.05) is 12.5 Å². The minimum absolute atomic E-state index is 0.0853. The minimum Gasteiger partial charge on any atom is -0.468 e. The normalized spacial score (nSPS) is 11.9. The molecule has 0 saturated heterocycles. The number of halogens is 2. The van der Waals surface area contributed by atoms with E-state index in [1.807, 2.05) is 0 Å². The molecule has 0 N–H and O–H groups in total. The highest BCUT2D eigenvalue weighted by molar-refractivity contribution is 6.30. The molecule has 0 aliphatic heterocycles. The van der Waals surface area contributed by atoms with E-state index in [2.05, 4.69) is 4.74 Å². The third-order valence-electron chi connectivity index (χ3n) is 2.10. The molecule has 0 aromatic heterocycles. The van der Waals surface area contributed by atoms with Gasteiger partial charge in [-0.1, -0.05) is 0 Å². The molecule has 1 atom stereocenters. The number of non-ortho nitro benzene ring substituents is 1. The summed E-state index contributed by atoms with van der Waals surface area (Å²) in [6.07, 6.45) is -0.0853. The molecule has 0 aliphatic rings. The summed E-state index contributed by atoms with van der Waals surface area (Å²) >= 11 is 5.67. The van der Waals surface area contributed by atoms with E-state index in [4.69, 9.17) is 11.6 Å².